The SMILES string of the molecule is Cc1cc(C)n2c1C1=c3ccccc3=C3C1=[N+](c1ccccc13)[B-]2(F)F. The van der Waals surface area contributed by atoms with Crippen LogP contribution in [0.3, 0.4) is 0 Å². The third-order valence-electron chi connectivity index (χ3n) is 5.89. The molecule has 0 amide bonds. The van der Waals surface area contributed by atoms with Gasteiger partial charge in [0.05, 0.1) is 16.7 Å². The predicted octanol–water partition coefficient (Wildman–Crippen LogP) is 2.85. The molecular formula is C21H15BF2N2. The molecule has 0 atom stereocenters. The van der Waals surface area contributed by atoms with Crippen molar-refractivity contribution in [1.82, 2.24) is 4.48 Å². The molecule has 0 unspecified atom stereocenters. The van der Waals surface area contributed by atoms with E-state index in [0.717, 1.165) is 32.7 Å². The van der Waals surface area contributed by atoms with Crippen LogP contribution >= 0.6 is 0 Å². The fraction of sp³-hybridized carbons (Fsp3) is 0.0952. The molecule has 1 aliphatic carbocycles. The smallest absolute Gasteiger partial charge is 0.393 e. The zero-order chi connectivity index (χ0) is 17.8. The van der Waals surface area contributed by atoms with Crippen LogP contribution in [0.15, 0.2) is 54.6 Å². The molecule has 2 aromatic carbocycles. The molecule has 2 aliphatic heterocycles. The van der Waals surface area contributed by atoms with Crippen molar-refractivity contribution >= 4 is 29.5 Å². The van der Waals surface area contributed by atoms with Gasteiger partial charge in [-0.15, -0.1) is 0 Å². The van der Waals surface area contributed by atoms with Gasteiger partial charge < -0.3 is 17.6 Å². The molecule has 3 heterocycles. The van der Waals surface area contributed by atoms with Gasteiger partial charge in [-0.1, -0.05) is 36.4 Å². The maximum Gasteiger partial charge on any atom is 0.737 e. The molecule has 0 fully saturated rings. The minimum Gasteiger partial charge on any atom is -0.393 e. The van der Waals surface area contributed by atoms with Crippen molar-refractivity contribution in [1.29, 1.82) is 0 Å². The summed E-state index contributed by atoms with van der Waals surface area (Å²) in [5.74, 6) is 0. The van der Waals surface area contributed by atoms with Gasteiger partial charge in [-0.05, 0) is 47.7 Å². The van der Waals surface area contributed by atoms with E-state index in [0.29, 0.717) is 22.8 Å². The molecule has 1 aromatic heterocycles. The van der Waals surface area contributed by atoms with Crippen LogP contribution < -0.4 is 10.4 Å². The highest BCUT2D eigenvalue weighted by Gasteiger charge is 2.58. The van der Waals surface area contributed by atoms with Crippen molar-refractivity contribution in [2.75, 3.05) is 0 Å². The van der Waals surface area contributed by atoms with Gasteiger partial charge in [0.15, 0.2) is 11.4 Å². The average Bonchev–Trinajstić information content (AvgIpc) is 3.22. The molecule has 2 nitrogen and oxygen atoms in total. The number of halogens is 2. The van der Waals surface area contributed by atoms with E-state index < -0.39 is 6.97 Å². The number of benzene rings is 2. The molecule has 6 rings (SSSR count). The summed E-state index contributed by atoms with van der Waals surface area (Å²) in [5.41, 5.74) is 6.21. The van der Waals surface area contributed by atoms with Gasteiger partial charge in [0.1, 0.15) is 0 Å². The Morgan fingerprint density at radius 2 is 1.54 bits per heavy atom. The van der Waals surface area contributed by atoms with Crippen LogP contribution in [-0.2, 0) is 0 Å². The quantitative estimate of drug-likeness (QED) is 0.554. The van der Waals surface area contributed by atoms with Gasteiger partial charge in [-0.25, -0.2) is 0 Å². The molecule has 3 aromatic rings. The molecule has 0 N–H and O–H groups in total. The molecule has 26 heavy (non-hydrogen) atoms. The Kier molecular flexibility index (Phi) is 2.32. The first kappa shape index (κ1) is 14.2. The average molecular weight is 344 g/mol. The second-order valence-electron chi connectivity index (χ2n) is 7.31. The number of aryl methyl sites for hydroxylation is 2. The molecule has 5 heteroatoms. The van der Waals surface area contributed by atoms with E-state index in [2.05, 4.69) is 0 Å². The zero-order valence-corrected chi connectivity index (χ0v) is 14.4. The largest absolute Gasteiger partial charge is 0.737 e. The first-order valence-corrected chi connectivity index (χ1v) is 8.83. The normalized spacial score (nSPS) is 18.0. The third-order valence-corrected chi connectivity index (χ3v) is 5.89. The molecule has 126 valence electrons. The first-order chi connectivity index (χ1) is 12.5. The number of aromatic nitrogens is 1. The lowest BCUT2D eigenvalue weighted by atomic mass is 9.87. The third kappa shape index (κ3) is 1.35. The Morgan fingerprint density at radius 1 is 0.885 bits per heavy atom. The van der Waals surface area contributed by atoms with Crippen LogP contribution in [0.5, 0.6) is 0 Å². The zero-order valence-electron chi connectivity index (χ0n) is 14.4. The summed E-state index contributed by atoms with van der Waals surface area (Å²) in [6.45, 7) is -0.251. The molecule has 0 radical (unpaired) electrons. The lowest BCUT2D eigenvalue weighted by Crippen LogP contribution is -2.51. The van der Waals surface area contributed by atoms with Gasteiger partial charge in [0, 0.05) is 11.8 Å². The summed E-state index contributed by atoms with van der Waals surface area (Å²) in [5, 5.41) is 2.09. The first-order valence-electron chi connectivity index (χ1n) is 8.83. The van der Waals surface area contributed by atoms with Crippen molar-refractivity contribution in [2.45, 2.75) is 13.8 Å². The molecule has 0 spiro atoms. The van der Waals surface area contributed by atoms with E-state index >= 15 is 8.63 Å². The lowest BCUT2D eigenvalue weighted by Gasteiger charge is -2.31. The number of hydrogen-bond donors (Lipinski definition) is 0. The lowest BCUT2D eigenvalue weighted by molar-refractivity contribution is -0.326. The van der Waals surface area contributed by atoms with Crippen LogP contribution in [0.1, 0.15) is 22.5 Å². The maximum atomic E-state index is 15.8. The Bertz CT molecular complexity index is 1330. The van der Waals surface area contributed by atoms with Gasteiger partial charge in [0.25, 0.3) is 0 Å². The van der Waals surface area contributed by atoms with Crippen LogP contribution in [0.25, 0.3) is 11.1 Å². The summed E-state index contributed by atoms with van der Waals surface area (Å²) < 4.78 is 34.2. The number of rotatable bonds is 0. The van der Waals surface area contributed by atoms with Gasteiger partial charge in [-0.3, -0.25) is 0 Å². The molecular weight excluding hydrogens is 329 g/mol. The van der Waals surface area contributed by atoms with Crippen molar-refractivity contribution in [3.8, 4) is 0 Å². The Hall–Kier alpha value is -2.95. The fourth-order valence-corrected chi connectivity index (χ4v) is 5.04. The molecule has 0 saturated carbocycles. The van der Waals surface area contributed by atoms with Crippen molar-refractivity contribution in [3.05, 3.63) is 87.5 Å². The summed E-state index contributed by atoms with van der Waals surface area (Å²) >= 11 is 0. The molecule has 3 aliphatic rings. The topological polar surface area (TPSA) is 7.94 Å². The highest BCUT2D eigenvalue weighted by Crippen LogP contribution is 2.46. The van der Waals surface area contributed by atoms with Gasteiger partial charge in [-0.2, -0.15) is 0 Å². The van der Waals surface area contributed by atoms with E-state index in [9.17, 15) is 0 Å². The van der Waals surface area contributed by atoms with Gasteiger partial charge >= 0.3 is 6.97 Å². The van der Waals surface area contributed by atoms with Crippen LogP contribution in [0.2, 0.25) is 0 Å². The number of fused-ring (bicyclic) bond motifs is 6. The van der Waals surface area contributed by atoms with Crippen molar-refractivity contribution in [3.63, 3.8) is 0 Å². The Balaban J connectivity index is 1.95. The number of para-hydroxylation sites is 1. The highest BCUT2D eigenvalue weighted by molar-refractivity contribution is 6.63. The number of hydrogen-bond acceptors (Lipinski definition) is 0. The Morgan fingerprint density at radius 3 is 2.31 bits per heavy atom. The minimum absolute atomic E-state index is 0.601. The van der Waals surface area contributed by atoms with Crippen LogP contribution in [0, 0.1) is 13.8 Å². The van der Waals surface area contributed by atoms with E-state index in [1.807, 2.05) is 55.5 Å². The second kappa shape index (κ2) is 4.23. The van der Waals surface area contributed by atoms with Crippen molar-refractivity contribution in [2.24, 2.45) is 0 Å². The second-order valence-corrected chi connectivity index (χ2v) is 7.31. The summed E-state index contributed by atoms with van der Waals surface area (Å²) in [7, 11) is 0. The molecule has 0 saturated heterocycles. The standard InChI is InChI=1S/C21H15BF2N2/c1-12-11-13(2)25-20(12)19-15-8-4-3-7-14(15)18-16-9-5-6-10-17(16)26(21(18)19)22(25,23)24/h3-11H,1-2H3. The summed E-state index contributed by atoms with van der Waals surface area (Å²) in [4.78, 5) is 0. The van der Waals surface area contributed by atoms with E-state index in [1.165, 1.54) is 8.96 Å². The number of nitrogens with zero attached hydrogens (tertiary/aromatic N) is 2. The monoisotopic (exact) mass is 344 g/mol. The van der Waals surface area contributed by atoms with E-state index in [1.54, 1.807) is 13.0 Å². The molecule has 0 bridgehead atoms. The van der Waals surface area contributed by atoms with Gasteiger partial charge in [0.2, 0.25) is 0 Å². The summed E-state index contributed by atoms with van der Waals surface area (Å²) in [6.07, 6.45) is 0. The predicted molar refractivity (Wildman–Crippen MR) is 99.4 cm³/mol. The Labute approximate surface area is 149 Å². The highest BCUT2D eigenvalue weighted by atomic mass is 19.2. The van der Waals surface area contributed by atoms with E-state index in [-0.39, 0.29) is 0 Å². The maximum absolute atomic E-state index is 15.8. The van der Waals surface area contributed by atoms with Crippen molar-refractivity contribution < 1.29 is 13.1 Å². The summed E-state index contributed by atoms with van der Waals surface area (Å²) in [6, 6.07) is 17.4. The van der Waals surface area contributed by atoms with E-state index in [4.69, 9.17) is 0 Å². The fourth-order valence-electron chi connectivity index (χ4n) is 5.04. The van der Waals surface area contributed by atoms with Crippen LogP contribution in [0.4, 0.5) is 14.3 Å². The minimum atomic E-state index is -3.95. The van der Waals surface area contributed by atoms with Crippen LogP contribution in [-0.4, -0.2) is 21.6 Å².